The van der Waals surface area contributed by atoms with Gasteiger partial charge in [-0.25, -0.2) is 9.97 Å². The van der Waals surface area contributed by atoms with Gasteiger partial charge in [0.15, 0.2) is 0 Å². The summed E-state index contributed by atoms with van der Waals surface area (Å²) in [4.78, 5) is 8.17. The van der Waals surface area contributed by atoms with Crippen molar-refractivity contribution in [3.63, 3.8) is 0 Å². The Morgan fingerprint density at radius 3 is 3.00 bits per heavy atom. The van der Waals surface area contributed by atoms with Crippen molar-refractivity contribution in [3.8, 4) is 5.88 Å². The molecule has 2 rings (SSSR count). The molecule has 4 nitrogen and oxygen atoms in total. The Balaban J connectivity index is 1.86. The molecule has 0 atom stereocenters. The Bertz CT molecular complexity index is 312. The van der Waals surface area contributed by atoms with Gasteiger partial charge in [-0.3, -0.25) is 0 Å². The molecule has 0 bridgehead atoms. The molecule has 0 radical (unpaired) electrons. The van der Waals surface area contributed by atoms with Crippen molar-refractivity contribution in [2.75, 3.05) is 18.5 Å². The number of hydrogen-bond acceptors (Lipinski definition) is 4. The van der Waals surface area contributed by atoms with E-state index >= 15 is 0 Å². The van der Waals surface area contributed by atoms with Gasteiger partial charge in [-0.05, 0) is 25.7 Å². The zero-order valence-electron chi connectivity index (χ0n) is 9.07. The van der Waals surface area contributed by atoms with Crippen molar-refractivity contribution in [2.24, 2.45) is 5.92 Å². The van der Waals surface area contributed by atoms with Gasteiger partial charge in [-0.1, -0.05) is 6.42 Å². The zero-order valence-corrected chi connectivity index (χ0v) is 9.07. The fourth-order valence-electron chi connectivity index (χ4n) is 1.61. The second kappa shape index (κ2) is 4.96. The first-order valence-corrected chi connectivity index (χ1v) is 5.57. The van der Waals surface area contributed by atoms with Crippen molar-refractivity contribution in [1.29, 1.82) is 0 Å². The molecule has 1 heterocycles. The Labute approximate surface area is 90.1 Å². The van der Waals surface area contributed by atoms with E-state index in [1.54, 1.807) is 0 Å². The standard InChI is InChI=1S/C11H17N3O/c1-2-15-11-6-10(13-8-14-11)12-7-9-4-3-5-9/h6,8-9H,2-5,7H2,1H3,(H,12,13,14). The first kappa shape index (κ1) is 10.2. The van der Waals surface area contributed by atoms with E-state index in [1.165, 1.54) is 25.6 Å². The van der Waals surface area contributed by atoms with Gasteiger partial charge in [-0.2, -0.15) is 0 Å². The topological polar surface area (TPSA) is 47.0 Å². The first-order chi connectivity index (χ1) is 7.38. The van der Waals surface area contributed by atoms with Gasteiger partial charge >= 0.3 is 0 Å². The minimum Gasteiger partial charge on any atom is -0.478 e. The Hall–Kier alpha value is -1.32. The number of nitrogens with one attached hydrogen (secondary N) is 1. The van der Waals surface area contributed by atoms with Crippen LogP contribution in [0.15, 0.2) is 12.4 Å². The van der Waals surface area contributed by atoms with Crippen LogP contribution in [0.2, 0.25) is 0 Å². The fourth-order valence-corrected chi connectivity index (χ4v) is 1.61. The van der Waals surface area contributed by atoms with Crippen molar-refractivity contribution < 1.29 is 4.74 Å². The van der Waals surface area contributed by atoms with Crippen LogP contribution in [0.1, 0.15) is 26.2 Å². The predicted octanol–water partition coefficient (Wildman–Crippen LogP) is 2.09. The zero-order chi connectivity index (χ0) is 10.5. The molecule has 82 valence electrons. The summed E-state index contributed by atoms with van der Waals surface area (Å²) in [5.41, 5.74) is 0. The van der Waals surface area contributed by atoms with Gasteiger partial charge in [0.25, 0.3) is 0 Å². The monoisotopic (exact) mass is 207 g/mol. The normalized spacial score (nSPS) is 15.8. The lowest BCUT2D eigenvalue weighted by Gasteiger charge is -2.25. The summed E-state index contributed by atoms with van der Waals surface area (Å²) in [7, 11) is 0. The maximum atomic E-state index is 5.30. The number of aromatic nitrogens is 2. The molecule has 0 amide bonds. The third kappa shape index (κ3) is 2.81. The van der Waals surface area contributed by atoms with Gasteiger partial charge in [0.05, 0.1) is 6.61 Å². The van der Waals surface area contributed by atoms with E-state index < -0.39 is 0 Å². The Morgan fingerprint density at radius 2 is 2.33 bits per heavy atom. The van der Waals surface area contributed by atoms with E-state index in [0.29, 0.717) is 12.5 Å². The van der Waals surface area contributed by atoms with Gasteiger partial charge < -0.3 is 10.1 Å². The summed E-state index contributed by atoms with van der Waals surface area (Å²) in [5, 5.41) is 3.31. The lowest BCUT2D eigenvalue weighted by molar-refractivity contribution is 0.325. The number of nitrogens with zero attached hydrogens (tertiary/aromatic N) is 2. The summed E-state index contributed by atoms with van der Waals surface area (Å²) in [6.07, 6.45) is 5.60. The SMILES string of the molecule is CCOc1cc(NCC2CCC2)ncn1. The summed E-state index contributed by atoms with van der Waals surface area (Å²) >= 11 is 0. The van der Waals surface area contributed by atoms with E-state index in [-0.39, 0.29) is 0 Å². The highest BCUT2D eigenvalue weighted by atomic mass is 16.5. The Morgan fingerprint density at radius 1 is 1.47 bits per heavy atom. The molecule has 0 aromatic carbocycles. The smallest absolute Gasteiger partial charge is 0.218 e. The van der Waals surface area contributed by atoms with Crippen molar-refractivity contribution >= 4 is 5.82 Å². The van der Waals surface area contributed by atoms with Gasteiger partial charge in [0.1, 0.15) is 12.1 Å². The molecule has 1 aliphatic carbocycles. The minimum absolute atomic E-state index is 0.638. The number of rotatable bonds is 5. The maximum Gasteiger partial charge on any atom is 0.218 e. The highest BCUT2D eigenvalue weighted by Crippen LogP contribution is 2.26. The van der Waals surface area contributed by atoms with Crippen LogP contribution in [-0.2, 0) is 0 Å². The van der Waals surface area contributed by atoms with Crippen molar-refractivity contribution in [3.05, 3.63) is 12.4 Å². The van der Waals surface area contributed by atoms with Crippen LogP contribution in [0.3, 0.4) is 0 Å². The molecular formula is C11H17N3O. The largest absolute Gasteiger partial charge is 0.478 e. The van der Waals surface area contributed by atoms with E-state index in [2.05, 4.69) is 15.3 Å². The van der Waals surface area contributed by atoms with E-state index in [4.69, 9.17) is 4.74 Å². The molecule has 1 N–H and O–H groups in total. The van der Waals surface area contributed by atoms with Crippen molar-refractivity contribution in [1.82, 2.24) is 9.97 Å². The second-order valence-electron chi connectivity index (χ2n) is 3.85. The molecule has 0 aliphatic heterocycles. The lowest BCUT2D eigenvalue weighted by atomic mass is 9.85. The third-order valence-corrected chi connectivity index (χ3v) is 2.73. The molecule has 15 heavy (non-hydrogen) atoms. The molecule has 1 aromatic rings. The van der Waals surface area contributed by atoms with Crippen LogP contribution in [0.4, 0.5) is 5.82 Å². The van der Waals surface area contributed by atoms with Gasteiger partial charge in [0, 0.05) is 12.6 Å². The second-order valence-corrected chi connectivity index (χ2v) is 3.85. The minimum atomic E-state index is 0.638. The van der Waals surface area contributed by atoms with Crippen LogP contribution in [-0.4, -0.2) is 23.1 Å². The number of hydrogen-bond donors (Lipinski definition) is 1. The van der Waals surface area contributed by atoms with Crippen LogP contribution in [0, 0.1) is 5.92 Å². The quantitative estimate of drug-likeness (QED) is 0.803. The summed E-state index contributed by atoms with van der Waals surface area (Å²) < 4.78 is 5.30. The van der Waals surface area contributed by atoms with Crippen LogP contribution < -0.4 is 10.1 Å². The van der Waals surface area contributed by atoms with Gasteiger partial charge in [-0.15, -0.1) is 0 Å². The van der Waals surface area contributed by atoms with Crippen molar-refractivity contribution in [2.45, 2.75) is 26.2 Å². The first-order valence-electron chi connectivity index (χ1n) is 5.57. The van der Waals surface area contributed by atoms with Crippen LogP contribution in [0.25, 0.3) is 0 Å². The predicted molar refractivity (Wildman–Crippen MR) is 59.0 cm³/mol. The number of ether oxygens (including phenoxy) is 1. The summed E-state index contributed by atoms with van der Waals surface area (Å²) in [5.74, 6) is 2.33. The molecule has 1 fully saturated rings. The van der Waals surface area contributed by atoms with E-state index in [0.717, 1.165) is 18.3 Å². The maximum absolute atomic E-state index is 5.30. The molecule has 0 spiro atoms. The average molecular weight is 207 g/mol. The molecule has 1 aliphatic rings. The molecule has 0 unspecified atom stereocenters. The Kier molecular flexibility index (Phi) is 3.37. The third-order valence-electron chi connectivity index (χ3n) is 2.73. The van der Waals surface area contributed by atoms with Crippen LogP contribution >= 0.6 is 0 Å². The molecule has 1 saturated carbocycles. The van der Waals surface area contributed by atoms with E-state index in [9.17, 15) is 0 Å². The summed E-state index contributed by atoms with van der Waals surface area (Å²) in [6.45, 7) is 3.60. The molecular weight excluding hydrogens is 190 g/mol. The molecule has 1 aromatic heterocycles. The average Bonchev–Trinajstić information content (AvgIpc) is 2.16. The molecule has 4 heteroatoms. The van der Waals surface area contributed by atoms with E-state index in [1.807, 2.05) is 13.0 Å². The van der Waals surface area contributed by atoms with Crippen LogP contribution in [0.5, 0.6) is 5.88 Å². The fraction of sp³-hybridized carbons (Fsp3) is 0.636. The summed E-state index contributed by atoms with van der Waals surface area (Å²) in [6, 6.07) is 1.85. The lowest BCUT2D eigenvalue weighted by Crippen LogP contribution is -2.21. The number of anilines is 1. The van der Waals surface area contributed by atoms with Gasteiger partial charge in [0.2, 0.25) is 5.88 Å². The molecule has 0 saturated heterocycles. The highest BCUT2D eigenvalue weighted by Gasteiger charge is 2.16. The highest BCUT2D eigenvalue weighted by molar-refractivity contribution is 5.37.